The van der Waals surface area contributed by atoms with Crippen LogP contribution in [0.1, 0.15) is 36.6 Å². The highest BCUT2D eigenvalue weighted by molar-refractivity contribution is 6.45. The Balaban J connectivity index is 0.861. The molecule has 0 unspecified atom stereocenters. The fraction of sp³-hybridized carbons (Fsp3) is 0. The number of carbonyl (C=O) groups excluding carboxylic acids is 3. The number of hydrogen-bond donors (Lipinski definition) is 6. The van der Waals surface area contributed by atoms with Crippen molar-refractivity contribution in [3.05, 3.63) is 200 Å². The number of nitrogens with one attached hydrogen (secondary N) is 4. The molecule has 366 valence electrons. The predicted octanol–water partition coefficient (Wildman–Crippen LogP) is 17.8. The summed E-state index contributed by atoms with van der Waals surface area (Å²) >= 11 is 25.3. The molecular weight excluding hydrogens is 1040 g/mol. The number of aromatic hydroxyl groups is 2. The zero-order valence-corrected chi connectivity index (χ0v) is 42.0. The molecule has 2 amide bonds. The Morgan fingerprint density at radius 3 is 1.33 bits per heavy atom. The van der Waals surface area contributed by atoms with Gasteiger partial charge in [-0.05, 0) is 94.7 Å². The van der Waals surface area contributed by atoms with E-state index in [2.05, 4.69) is 41.1 Å². The number of rotatable bonds is 8. The SMILES string of the molecule is O=C1c2cc(N=Nc3c(O)c(C(=O)Nc4cccc(Cl)c4Cl)cc4ccc5c6ccccc6[nH]c5c34)ccc2-c2ccc(N=Nc3c(O)c(C(=O)Nc4cccc(Cl)c4Cl)cc4ccc5c6ccccc6[nH]c5c34)cc21. The first-order valence-corrected chi connectivity index (χ1v) is 25.0. The van der Waals surface area contributed by atoms with Gasteiger partial charge in [0.2, 0.25) is 0 Å². The summed E-state index contributed by atoms with van der Waals surface area (Å²) in [5.41, 5.74) is 6.01. The molecule has 1 aliphatic rings. The number of fused-ring (bicyclic) bond motifs is 13. The van der Waals surface area contributed by atoms with Gasteiger partial charge in [0.05, 0.1) is 65.0 Å². The molecule has 0 saturated carbocycles. The van der Waals surface area contributed by atoms with Crippen molar-refractivity contribution in [3.8, 4) is 22.6 Å². The molecule has 0 radical (unpaired) electrons. The van der Waals surface area contributed by atoms with E-state index in [1.807, 2.05) is 72.8 Å². The molecule has 0 atom stereocenters. The highest BCUT2D eigenvalue weighted by atomic mass is 35.5. The third-order valence-electron chi connectivity index (χ3n) is 13.7. The number of phenols is 2. The Bertz CT molecular complexity index is 4350. The van der Waals surface area contributed by atoms with Crippen LogP contribution < -0.4 is 10.6 Å². The van der Waals surface area contributed by atoms with Gasteiger partial charge in [0.1, 0.15) is 11.4 Å². The number of aromatic nitrogens is 2. The maximum atomic E-state index is 14.3. The van der Waals surface area contributed by atoms with Gasteiger partial charge in [-0.25, -0.2) is 0 Å². The summed E-state index contributed by atoms with van der Waals surface area (Å²) in [5.74, 6) is -2.51. The summed E-state index contributed by atoms with van der Waals surface area (Å²) in [6, 6.07) is 46.1. The third kappa shape index (κ3) is 7.58. The zero-order valence-electron chi connectivity index (χ0n) is 38.9. The molecule has 1 aliphatic carbocycles. The quantitative estimate of drug-likeness (QED) is 0.0822. The third-order valence-corrected chi connectivity index (χ3v) is 15.3. The summed E-state index contributed by atoms with van der Waals surface area (Å²) in [6.07, 6.45) is 0. The van der Waals surface area contributed by atoms with Crippen LogP contribution in [0.4, 0.5) is 34.1 Å². The highest BCUT2D eigenvalue weighted by Crippen LogP contribution is 2.48. The molecule has 10 aromatic carbocycles. The van der Waals surface area contributed by atoms with Gasteiger partial charge in [-0.2, -0.15) is 10.2 Å². The van der Waals surface area contributed by atoms with Crippen LogP contribution in [0, 0.1) is 0 Å². The van der Waals surface area contributed by atoms with Gasteiger partial charge >= 0.3 is 0 Å². The average molecular weight is 1070 g/mol. The van der Waals surface area contributed by atoms with E-state index in [4.69, 9.17) is 46.4 Å². The van der Waals surface area contributed by atoms with Crippen LogP contribution in [0.15, 0.2) is 178 Å². The molecule has 0 fully saturated rings. The van der Waals surface area contributed by atoms with Crippen molar-refractivity contribution in [2.24, 2.45) is 20.5 Å². The number of azo groups is 2. The second-order valence-corrected chi connectivity index (χ2v) is 19.6. The minimum absolute atomic E-state index is 0.0165. The average Bonchev–Trinajstić information content (AvgIpc) is 4.10. The summed E-state index contributed by atoms with van der Waals surface area (Å²) < 4.78 is 0. The molecule has 2 aromatic heterocycles. The molecule has 2 heterocycles. The minimum Gasteiger partial charge on any atom is -0.505 e. The summed E-state index contributed by atoms with van der Waals surface area (Å²) in [7, 11) is 0. The lowest BCUT2D eigenvalue weighted by molar-refractivity contribution is 0.101. The van der Waals surface area contributed by atoms with Gasteiger partial charge in [-0.3, -0.25) is 14.4 Å². The van der Waals surface area contributed by atoms with E-state index in [1.165, 1.54) is 0 Å². The number of phenolic OH excluding ortho intramolecular Hbond substituents is 2. The first-order chi connectivity index (χ1) is 36.9. The second-order valence-electron chi connectivity index (χ2n) is 18.1. The van der Waals surface area contributed by atoms with Crippen molar-refractivity contribution in [3.63, 3.8) is 0 Å². The fourth-order valence-electron chi connectivity index (χ4n) is 10.1. The van der Waals surface area contributed by atoms with E-state index in [0.29, 0.717) is 66.2 Å². The van der Waals surface area contributed by atoms with Gasteiger partial charge < -0.3 is 30.8 Å². The molecule has 13 rings (SSSR count). The molecule has 12 aromatic rings. The number of para-hydroxylation sites is 2. The number of halogens is 4. The van der Waals surface area contributed by atoms with E-state index in [0.717, 1.165) is 32.6 Å². The van der Waals surface area contributed by atoms with E-state index in [-0.39, 0.29) is 59.8 Å². The zero-order chi connectivity index (χ0) is 52.1. The first-order valence-electron chi connectivity index (χ1n) is 23.5. The molecule has 76 heavy (non-hydrogen) atoms. The Morgan fingerprint density at radius 1 is 0.447 bits per heavy atom. The number of amides is 2. The van der Waals surface area contributed by atoms with E-state index >= 15 is 0 Å². The Kier molecular flexibility index (Phi) is 11.1. The van der Waals surface area contributed by atoms with Crippen LogP contribution in [0.3, 0.4) is 0 Å². The number of benzene rings is 10. The molecular formula is C59H32Cl4N8O5. The fourth-order valence-corrected chi connectivity index (χ4v) is 10.8. The van der Waals surface area contributed by atoms with Crippen molar-refractivity contribution < 1.29 is 24.6 Å². The van der Waals surface area contributed by atoms with E-state index in [1.54, 1.807) is 84.9 Å². The number of aromatic amines is 2. The molecule has 17 heteroatoms. The Morgan fingerprint density at radius 2 is 0.882 bits per heavy atom. The normalized spacial score (nSPS) is 12.3. The summed E-state index contributed by atoms with van der Waals surface area (Å²) in [5, 5.41) is 54.4. The number of nitrogens with zero attached hydrogens (tertiary/aromatic N) is 4. The lowest BCUT2D eigenvalue weighted by Crippen LogP contribution is -2.12. The first kappa shape index (κ1) is 46.7. The minimum atomic E-state index is -0.662. The number of anilines is 2. The van der Waals surface area contributed by atoms with Crippen LogP contribution in [-0.4, -0.2) is 37.8 Å². The van der Waals surface area contributed by atoms with Crippen LogP contribution in [0.5, 0.6) is 11.5 Å². The van der Waals surface area contributed by atoms with Gasteiger partial charge in [-0.1, -0.05) is 131 Å². The molecule has 13 nitrogen and oxygen atoms in total. The molecule has 0 saturated heterocycles. The number of carbonyl (C=O) groups is 3. The molecule has 0 spiro atoms. The van der Waals surface area contributed by atoms with Gasteiger partial charge in [-0.15, -0.1) is 10.2 Å². The number of ketones is 1. The smallest absolute Gasteiger partial charge is 0.259 e. The monoisotopic (exact) mass is 1070 g/mol. The van der Waals surface area contributed by atoms with Crippen molar-refractivity contribution >= 4 is 163 Å². The van der Waals surface area contributed by atoms with Crippen molar-refractivity contribution in [2.75, 3.05) is 10.6 Å². The molecule has 0 bridgehead atoms. The predicted molar refractivity (Wildman–Crippen MR) is 302 cm³/mol. The van der Waals surface area contributed by atoms with Crippen molar-refractivity contribution in [1.82, 2.24) is 9.97 Å². The van der Waals surface area contributed by atoms with Crippen molar-refractivity contribution in [2.45, 2.75) is 0 Å². The second kappa shape index (κ2) is 18.1. The largest absolute Gasteiger partial charge is 0.505 e. The highest BCUT2D eigenvalue weighted by Gasteiger charge is 2.29. The van der Waals surface area contributed by atoms with Crippen LogP contribution in [-0.2, 0) is 0 Å². The van der Waals surface area contributed by atoms with Gasteiger partial charge in [0.25, 0.3) is 11.8 Å². The van der Waals surface area contributed by atoms with Crippen molar-refractivity contribution in [1.29, 1.82) is 0 Å². The van der Waals surface area contributed by atoms with Gasteiger partial charge in [0, 0.05) is 54.5 Å². The van der Waals surface area contributed by atoms with Crippen LogP contribution >= 0.6 is 46.4 Å². The maximum Gasteiger partial charge on any atom is 0.259 e. The number of H-pyrrole nitrogens is 2. The van der Waals surface area contributed by atoms with Crippen LogP contribution in [0.2, 0.25) is 20.1 Å². The lowest BCUT2D eigenvalue weighted by Gasteiger charge is -2.13. The number of hydrogen-bond acceptors (Lipinski definition) is 9. The summed E-state index contributed by atoms with van der Waals surface area (Å²) in [4.78, 5) is 49.1. The Labute approximate surface area is 449 Å². The van der Waals surface area contributed by atoms with E-state index in [9.17, 15) is 24.6 Å². The Hall–Kier alpha value is -9.11. The standard InChI is InChI=1S/C59H32Cl4N8O5/c60-41-9-5-13-45(49(41)62)66-58(75)39-23-27-15-19-35-33-7-1-3-11-43(33)64-51(35)47(27)53(56(39)73)70-68-29-17-21-31-32-22-18-30(26-38(32)55(72)37(31)25-29)69-71-54-48-28(16-20-36-34-8-2-4-12-44(34)65-52(36)48)24-40(57(54)74)59(76)67-46-14-6-10-42(61)50(46)63/h1-26,64-65,73-74H,(H,66,75)(H,67,76). The summed E-state index contributed by atoms with van der Waals surface area (Å²) in [6.45, 7) is 0. The topological polar surface area (TPSA) is 197 Å². The van der Waals surface area contributed by atoms with Crippen LogP contribution in [0.25, 0.3) is 76.3 Å². The van der Waals surface area contributed by atoms with E-state index < -0.39 is 23.3 Å². The molecule has 6 N–H and O–H groups in total. The van der Waals surface area contributed by atoms with Gasteiger partial charge in [0.15, 0.2) is 17.3 Å². The lowest BCUT2D eigenvalue weighted by atomic mass is 10.00. The maximum absolute atomic E-state index is 14.3. The molecule has 0 aliphatic heterocycles.